The molecule has 0 bridgehead atoms. The monoisotopic (exact) mass is 580 g/mol. The van der Waals surface area contributed by atoms with E-state index >= 15 is 0 Å². The molecule has 234 valence electrons. The molecule has 3 rings (SSSR count). The smallest absolute Gasteiger partial charge is 0.407 e. The van der Waals surface area contributed by atoms with E-state index in [1.807, 2.05) is 4.68 Å². The number of fused-ring (bicyclic) bond motifs is 2. The van der Waals surface area contributed by atoms with Gasteiger partial charge in [0.1, 0.15) is 0 Å². The normalized spacial score (nSPS) is 20.3. The molecule has 1 heterocycles. The fourth-order valence-corrected chi connectivity index (χ4v) is 5.60. The minimum atomic E-state index is -0.407. The number of amides is 2. The summed E-state index contributed by atoms with van der Waals surface area (Å²) in [5, 5.41) is 14.6. The highest BCUT2D eigenvalue weighted by Crippen LogP contribution is 2.52. The summed E-state index contributed by atoms with van der Waals surface area (Å²) in [6.45, 7) is 8.43. The summed E-state index contributed by atoms with van der Waals surface area (Å²) in [5.41, 5.74) is 2.28. The number of nitrogens with one attached hydrogen (secondary N) is 2. The van der Waals surface area contributed by atoms with Crippen LogP contribution in [0.15, 0.2) is 0 Å². The van der Waals surface area contributed by atoms with E-state index < -0.39 is 6.09 Å². The summed E-state index contributed by atoms with van der Waals surface area (Å²) < 4.78 is 18.4. The Kier molecular flexibility index (Phi) is 15.4. The van der Waals surface area contributed by atoms with Crippen molar-refractivity contribution in [2.45, 2.75) is 97.1 Å². The first-order valence-electron chi connectivity index (χ1n) is 15.6. The molecule has 41 heavy (non-hydrogen) atoms. The van der Waals surface area contributed by atoms with Gasteiger partial charge in [-0.05, 0) is 76.0 Å². The van der Waals surface area contributed by atoms with Crippen LogP contribution in [0, 0.1) is 17.8 Å². The van der Waals surface area contributed by atoms with Gasteiger partial charge in [0.15, 0.2) is 0 Å². The van der Waals surface area contributed by atoms with E-state index in [0.717, 1.165) is 83.1 Å². The molecule has 4 N–H and O–H groups in total. The Balaban J connectivity index is 1.24. The minimum absolute atomic E-state index is 0.106. The third-order valence-electron chi connectivity index (χ3n) is 8.27. The first kappa shape index (κ1) is 33.2. The van der Waals surface area contributed by atoms with Gasteiger partial charge < -0.3 is 29.7 Å². The quantitative estimate of drug-likeness (QED) is 0.147. The Labute approximate surface area is 244 Å². The van der Waals surface area contributed by atoms with Crippen molar-refractivity contribution >= 4 is 12.0 Å². The third-order valence-corrected chi connectivity index (χ3v) is 8.27. The standard InChI is InChI=1S/C29H52N6O6/c1-3-22(2)39-17-7-5-4-6-14-31-28(36)9-8-16-35-27-13-11-24-23(10-12-26(27)33-34-35)25(24)21-40-29(37)32-15-18-38-19-20-41-30/h22-25H,3-21,30H2,1-2H3,(H,31,36)(H,32,37). The Morgan fingerprint density at radius 3 is 2.61 bits per heavy atom. The van der Waals surface area contributed by atoms with Crippen LogP contribution in [-0.2, 0) is 43.2 Å². The first-order valence-corrected chi connectivity index (χ1v) is 15.6. The number of hydrogen-bond donors (Lipinski definition) is 3. The number of aromatic nitrogens is 3. The second kappa shape index (κ2) is 19.0. The molecule has 1 saturated carbocycles. The van der Waals surface area contributed by atoms with Gasteiger partial charge in [0.05, 0.1) is 43.9 Å². The molecule has 0 aliphatic heterocycles. The van der Waals surface area contributed by atoms with Crippen molar-refractivity contribution in [1.82, 2.24) is 25.6 Å². The van der Waals surface area contributed by atoms with Crippen LogP contribution < -0.4 is 16.5 Å². The number of ether oxygens (including phenoxy) is 3. The molecule has 1 fully saturated rings. The zero-order valence-electron chi connectivity index (χ0n) is 25.1. The second-order valence-electron chi connectivity index (χ2n) is 11.2. The maximum Gasteiger partial charge on any atom is 0.407 e. The molecule has 2 aliphatic carbocycles. The number of rotatable bonds is 21. The SMILES string of the molecule is CCC(C)OCCCCCCNC(=O)CCCn1nnc2c1CCC1C(CC2)C1COC(=O)NCCOCCON. The predicted octanol–water partition coefficient (Wildman–Crippen LogP) is 2.92. The van der Waals surface area contributed by atoms with Gasteiger partial charge in [-0.25, -0.2) is 15.4 Å². The van der Waals surface area contributed by atoms with E-state index in [9.17, 15) is 9.59 Å². The van der Waals surface area contributed by atoms with Crippen LogP contribution in [0.4, 0.5) is 4.79 Å². The van der Waals surface area contributed by atoms with Gasteiger partial charge >= 0.3 is 6.09 Å². The Hall–Kier alpha value is -2.28. The molecule has 1 aromatic heterocycles. The highest BCUT2D eigenvalue weighted by Gasteiger charge is 2.50. The van der Waals surface area contributed by atoms with Crippen molar-refractivity contribution in [3.8, 4) is 0 Å². The maximum absolute atomic E-state index is 12.3. The lowest BCUT2D eigenvalue weighted by atomic mass is 10.0. The molecule has 12 heteroatoms. The van der Waals surface area contributed by atoms with E-state index in [0.29, 0.717) is 69.8 Å². The maximum atomic E-state index is 12.3. The van der Waals surface area contributed by atoms with Crippen LogP contribution in [0.25, 0.3) is 0 Å². The zero-order valence-corrected chi connectivity index (χ0v) is 25.1. The number of carbonyl (C=O) groups is 2. The lowest BCUT2D eigenvalue weighted by molar-refractivity contribution is -0.121. The molecule has 1 aromatic rings. The molecule has 4 atom stereocenters. The van der Waals surface area contributed by atoms with Crippen LogP contribution in [0.2, 0.25) is 0 Å². The van der Waals surface area contributed by atoms with Gasteiger partial charge in [0.2, 0.25) is 5.91 Å². The van der Waals surface area contributed by atoms with Crippen LogP contribution in [0.1, 0.15) is 83.0 Å². The van der Waals surface area contributed by atoms with Crippen LogP contribution >= 0.6 is 0 Å². The summed E-state index contributed by atoms with van der Waals surface area (Å²) >= 11 is 0. The summed E-state index contributed by atoms with van der Waals surface area (Å²) in [7, 11) is 0. The fraction of sp³-hybridized carbons (Fsp3) is 0.862. The van der Waals surface area contributed by atoms with E-state index in [4.69, 9.17) is 20.1 Å². The summed E-state index contributed by atoms with van der Waals surface area (Å²) in [4.78, 5) is 28.7. The van der Waals surface area contributed by atoms with Gasteiger partial charge in [-0.1, -0.05) is 25.0 Å². The minimum Gasteiger partial charge on any atom is -0.449 e. The van der Waals surface area contributed by atoms with Crippen molar-refractivity contribution in [3.63, 3.8) is 0 Å². The van der Waals surface area contributed by atoms with Crippen LogP contribution in [-0.4, -0.2) is 79.2 Å². The fourth-order valence-electron chi connectivity index (χ4n) is 5.60. The molecular weight excluding hydrogens is 528 g/mol. The second-order valence-corrected chi connectivity index (χ2v) is 11.2. The number of hydrogen-bond acceptors (Lipinski definition) is 9. The number of unbranched alkanes of at least 4 members (excludes halogenated alkanes) is 3. The van der Waals surface area contributed by atoms with Crippen molar-refractivity contribution in [3.05, 3.63) is 11.4 Å². The van der Waals surface area contributed by atoms with E-state index in [-0.39, 0.29) is 5.91 Å². The molecular formula is C29H52N6O6. The van der Waals surface area contributed by atoms with E-state index in [2.05, 4.69) is 39.6 Å². The van der Waals surface area contributed by atoms with Crippen molar-refractivity contribution < 1.29 is 28.6 Å². The number of nitrogens with two attached hydrogens (primary N) is 1. The Bertz CT molecular complexity index is 899. The van der Waals surface area contributed by atoms with Crippen LogP contribution in [0.3, 0.4) is 0 Å². The van der Waals surface area contributed by atoms with E-state index in [1.54, 1.807) is 0 Å². The topological polar surface area (TPSA) is 152 Å². The van der Waals surface area contributed by atoms with Crippen LogP contribution in [0.5, 0.6) is 0 Å². The average Bonchev–Trinajstić information content (AvgIpc) is 3.48. The van der Waals surface area contributed by atoms with Gasteiger partial charge in [-0.3, -0.25) is 4.79 Å². The molecule has 0 radical (unpaired) electrons. The molecule has 2 amide bonds. The summed E-state index contributed by atoms with van der Waals surface area (Å²) in [5.74, 6) is 6.59. The molecule has 12 nitrogen and oxygen atoms in total. The van der Waals surface area contributed by atoms with Crippen molar-refractivity contribution in [1.29, 1.82) is 0 Å². The number of nitrogens with zero attached hydrogens (tertiary/aromatic N) is 3. The van der Waals surface area contributed by atoms with Gasteiger partial charge in [0, 0.05) is 32.7 Å². The number of aryl methyl sites for hydroxylation is 2. The number of alkyl carbamates (subject to hydrolysis) is 1. The summed E-state index contributed by atoms with van der Waals surface area (Å²) in [6, 6.07) is 0. The van der Waals surface area contributed by atoms with E-state index in [1.165, 1.54) is 5.69 Å². The Morgan fingerprint density at radius 2 is 1.80 bits per heavy atom. The first-order chi connectivity index (χ1) is 20.0. The van der Waals surface area contributed by atoms with Gasteiger partial charge in [0.25, 0.3) is 0 Å². The molecule has 0 saturated heterocycles. The van der Waals surface area contributed by atoms with Crippen molar-refractivity contribution in [2.75, 3.05) is 46.1 Å². The highest BCUT2D eigenvalue weighted by atomic mass is 16.6. The lowest BCUT2D eigenvalue weighted by Gasteiger charge is -2.11. The van der Waals surface area contributed by atoms with Gasteiger partial charge in [-0.15, -0.1) is 5.10 Å². The molecule has 4 unspecified atom stereocenters. The largest absolute Gasteiger partial charge is 0.449 e. The van der Waals surface area contributed by atoms with Gasteiger partial charge in [-0.2, -0.15) is 0 Å². The Morgan fingerprint density at radius 1 is 1.00 bits per heavy atom. The third kappa shape index (κ3) is 12.2. The number of carbonyl (C=O) groups excluding carboxylic acids is 2. The molecule has 0 aromatic carbocycles. The molecule has 0 spiro atoms. The average molecular weight is 581 g/mol. The summed E-state index contributed by atoms with van der Waals surface area (Å²) in [6.07, 6.45) is 10.5. The highest BCUT2D eigenvalue weighted by molar-refractivity contribution is 5.75. The molecule has 2 aliphatic rings. The van der Waals surface area contributed by atoms with Crippen molar-refractivity contribution in [2.24, 2.45) is 23.7 Å². The predicted molar refractivity (Wildman–Crippen MR) is 154 cm³/mol. The lowest BCUT2D eigenvalue weighted by Crippen LogP contribution is -2.29. The zero-order chi connectivity index (χ0) is 29.3.